The molecule has 2 fully saturated rings. The number of anilines is 2. The van der Waals surface area contributed by atoms with Crippen molar-refractivity contribution in [2.45, 2.75) is 25.9 Å². The molecule has 5 rings (SSSR count). The van der Waals surface area contributed by atoms with Crippen molar-refractivity contribution in [3.05, 3.63) is 41.5 Å². The van der Waals surface area contributed by atoms with E-state index in [1.807, 2.05) is 25.1 Å². The quantitative estimate of drug-likeness (QED) is 0.618. The minimum absolute atomic E-state index is 0.268. The molecule has 0 bridgehead atoms. The lowest BCUT2D eigenvalue weighted by molar-refractivity contribution is 0.120. The molecule has 166 valence electrons. The van der Waals surface area contributed by atoms with E-state index in [9.17, 15) is 5.26 Å². The van der Waals surface area contributed by atoms with Gasteiger partial charge >= 0.3 is 0 Å². The maximum Gasteiger partial charge on any atom is 0.298 e. The third kappa shape index (κ3) is 3.40. The van der Waals surface area contributed by atoms with Gasteiger partial charge in [0, 0.05) is 25.2 Å². The summed E-state index contributed by atoms with van der Waals surface area (Å²) in [5.41, 5.74) is 6.11. The first-order valence-electron chi connectivity index (χ1n) is 11.3. The van der Waals surface area contributed by atoms with Crippen molar-refractivity contribution in [1.29, 1.82) is 5.26 Å². The van der Waals surface area contributed by atoms with E-state index in [4.69, 9.17) is 14.1 Å². The van der Waals surface area contributed by atoms with Crippen molar-refractivity contribution < 1.29 is 9.15 Å². The summed E-state index contributed by atoms with van der Waals surface area (Å²) in [7, 11) is 4.25. The molecule has 0 amide bonds. The molecule has 2 saturated heterocycles. The molecule has 0 N–H and O–H groups in total. The predicted octanol–water partition coefficient (Wildman–Crippen LogP) is 4.00. The Morgan fingerprint density at radius 1 is 1.12 bits per heavy atom. The van der Waals surface area contributed by atoms with Gasteiger partial charge in [0.05, 0.1) is 30.6 Å². The number of ether oxygens (including phenoxy) is 1. The Labute approximate surface area is 188 Å². The van der Waals surface area contributed by atoms with E-state index in [0.717, 1.165) is 54.9 Å². The number of nitriles is 1. The van der Waals surface area contributed by atoms with Crippen molar-refractivity contribution in [2.24, 2.45) is 0 Å². The Morgan fingerprint density at radius 2 is 1.88 bits per heavy atom. The van der Waals surface area contributed by atoms with Crippen LogP contribution in [0.5, 0.6) is 0 Å². The second-order valence-corrected chi connectivity index (χ2v) is 8.75. The largest absolute Gasteiger partial charge is 0.421 e. The van der Waals surface area contributed by atoms with Crippen LogP contribution < -0.4 is 9.80 Å². The Morgan fingerprint density at radius 3 is 2.56 bits per heavy atom. The molecule has 1 atom stereocenters. The highest BCUT2D eigenvalue weighted by Gasteiger charge is 2.34. The SMILES string of the molecule is Cc1c(-c2ccccc2)c(N2CCCC2N(C)C)c2oc(N3CCOCC3)nc2c1C#N. The van der Waals surface area contributed by atoms with Gasteiger partial charge in [0.1, 0.15) is 11.6 Å². The molecule has 7 heteroatoms. The first-order valence-corrected chi connectivity index (χ1v) is 11.3. The minimum atomic E-state index is 0.268. The molecule has 0 radical (unpaired) electrons. The Hall–Kier alpha value is -3.08. The maximum atomic E-state index is 10.1. The fourth-order valence-electron chi connectivity index (χ4n) is 5.04. The molecule has 2 aliphatic heterocycles. The number of benzene rings is 2. The Balaban J connectivity index is 1.81. The average Bonchev–Trinajstić information content (AvgIpc) is 3.47. The summed E-state index contributed by atoms with van der Waals surface area (Å²) in [6, 6.07) is 13.3. The molecule has 3 heterocycles. The lowest BCUT2D eigenvalue weighted by atomic mass is 9.93. The minimum Gasteiger partial charge on any atom is -0.421 e. The Bertz CT molecular complexity index is 1160. The van der Waals surface area contributed by atoms with Gasteiger partial charge in [-0.15, -0.1) is 0 Å². The van der Waals surface area contributed by atoms with E-state index in [1.165, 1.54) is 0 Å². The number of morpholine rings is 1. The van der Waals surface area contributed by atoms with Gasteiger partial charge in [-0.25, -0.2) is 0 Å². The fourth-order valence-corrected chi connectivity index (χ4v) is 5.04. The van der Waals surface area contributed by atoms with Crippen molar-refractivity contribution in [2.75, 3.05) is 56.7 Å². The van der Waals surface area contributed by atoms with E-state index in [0.29, 0.717) is 35.9 Å². The van der Waals surface area contributed by atoms with Crippen molar-refractivity contribution in [1.82, 2.24) is 9.88 Å². The average molecular weight is 432 g/mol. The highest BCUT2D eigenvalue weighted by Crippen LogP contribution is 2.46. The van der Waals surface area contributed by atoms with Crippen LogP contribution in [0.4, 0.5) is 11.7 Å². The molecule has 3 aromatic rings. The standard InChI is InChI=1S/C25H29N5O2/c1-17-19(16-26)22-24(32-25(27-22)29-12-14-31-15-13-29)23(21(17)18-8-5-4-6-9-18)30-11-7-10-20(30)28(2)3/h4-6,8-9,20H,7,10-15H2,1-3H3. The Kier molecular flexibility index (Phi) is 5.50. The van der Waals surface area contributed by atoms with Crippen molar-refractivity contribution >= 4 is 22.8 Å². The third-order valence-electron chi connectivity index (χ3n) is 6.61. The zero-order chi connectivity index (χ0) is 22.2. The van der Waals surface area contributed by atoms with Gasteiger partial charge in [-0.1, -0.05) is 30.3 Å². The maximum absolute atomic E-state index is 10.1. The highest BCUT2D eigenvalue weighted by molar-refractivity contribution is 6.03. The summed E-state index contributed by atoms with van der Waals surface area (Å²) in [4.78, 5) is 11.7. The van der Waals surface area contributed by atoms with Gasteiger partial charge in [-0.3, -0.25) is 4.90 Å². The summed E-state index contributed by atoms with van der Waals surface area (Å²) in [5.74, 6) is 0. The molecule has 1 aromatic heterocycles. The van der Waals surface area contributed by atoms with E-state index in [2.05, 4.69) is 47.0 Å². The summed E-state index contributed by atoms with van der Waals surface area (Å²) >= 11 is 0. The van der Waals surface area contributed by atoms with E-state index >= 15 is 0 Å². The molecule has 7 nitrogen and oxygen atoms in total. The number of hydrogen-bond donors (Lipinski definition) is 0. The van der Waals surface area contributed by atoms with Crippen molar-refractivity contribution in [3.63, 3.8) is 0 Å². The molecule has 32 heavy (non-hydrogen) atoms. The molecule has 1 unspecified atom stereocenters. The van der Waals surface area contributed by atoms with Crippen LogP contribution in [-0.2, 0) is 4.74 Å². The number of rotatable bonds is 4. The normalized spacial score (nSPS) is 19.2. The number of hydrogen-bond acceptors (Lipinski definition) is 7. The number of fused-ring (bicyclic) bond motifs is 1. The highest BCUT2D eigenvalue weighted by atomic mass is 16.5. The van der Waals surface area contributed by atoms with E-state index in [1.54, 1.807) is 0 Å². The van der Waals surface area contributed by atoms with Gasteiger partial charge in [0.2, 0.25) is 0 Å². The van der Waals surface area contributed by atoms with Crippen LogP contribution in [0, 0.1) is 18.3 Å². The van der Waals surface area contributed by atoms with Gasteiger partial charge in [-0.05, 0) is 45.0 Å². The lowest BCUT2D eigenvalue weighted by Gasteiger charge is -2.33. The second kappa shape index (κ2) is 8.45. The fraction of sp³-hybridized carbons (Fsp3) is 0.440. The zero-order valence-corrected chi connectivity index (χ0v) is 19.0. The van der Waals surface area contributed by atoms with Gasteiger partial charge in [0.25, 0.3) is 6.01 Å². The monoisotopic (exact) mass is 431 g/mol. The topological polar surface area (TPSA) is 68.8 Å². The molecule has 0 saturated carbocycles. The molecule has 0 aliphatic carbocycles. The van der Waals surface area contributed by atoms with Crippen molar-refractivity contribution in [3.8, 4) is 17.2 Å². The molecular weight excluding hydrogens is 402 g/mol. The molecule has 2 aliphatic rings. The first-order chi connectivity index (χ1) is 15.6. The summed E-state index contributed by atoms with van der Waals surface area (Å²) < 4.78 is 12.0. The smallest absolute Gasteiger partial charge is 0.298 e. The van der Waals surface area contributed by atoms with Crippen LogP contribution in [0.15, 0.2) is 34.7 Å². The summed E-state index contributed by atoms with van der Waals surface area (Å²) in [6.45, 7) is 5.75. The number of nitrogens with zero attached hydrogens (tertiary/aromatic N) is 5. The van der Waals surface area contributed by atoms with Gasteiger partial charge < -0.3 is 19.0 Å². The van der Waals surface area contributed by atoms with Gasteiger partial charge in [0.15, 0.2) is 5.58 Å². The first kappa shape index (κ1) is 20.8. The summed E-state index contributed by atoms with van der Waals surface area (Å²) in [6.07, 6.45) is 2.47. The van der Waals surface area contributed by atoms with Crippen LogP contribution in [0.25, 0.3) is 22.2 Å². The van der Waals surface area contributed by atoms with Crippen LogP contribution in [-0.4, -0.2) is 63.0 Å². The zero-order valence-electron chi connectivity index (χ0n) is 19.0. The molecule has 0 spiro atoms. The summed E-state index contributed by atoms with van der Waals surface area (Å²) in [5, 5.41) is 10.1. The van der Waals surface area contributed by atoms with Crippen LogP contribution >= 0.6 is 0 Å². The molecule has 2 aromatic carbocycles. The third-order valence-corrected chi connectivity index (χ3v) is 6.61. The lowest BCUT2D eigenvalue weighted by Crippen LogP contribution is -2.40. The molecular formula is C25H29N5O2. The van der Waals surface area contributed by atoms with Crippen LogP contribution in [0.3, 0.4) is 0 Å². The van der Waals surface area contributed by atoms with Gasteiger partial charge in [-0.2, -0.15) is 10.2 Å². The second-order valence-electron chi connectivity index (χ2n) is 8.75. The number of oxazole rings is 1. The van der Waals surface area contributed by atoms with E-state index < -0.39 is 0 Å². The van der Waals surface area contributed by atoms with Crippen LogP contribution in [0.1, 0.15) is 24.0 Å². The predicted molar refractivity (Wildman–Crippen MR) is 126 cm³/mol. The van der Waals surface area contributed by atoms with Crippen LogP contribution in [0.2, 0.25) is 0 Å². The number of aromatic nitrogens is 1. The van der Waals surface area contributed by atoms with E-state index in [-0.39, 0.29) is 6.17 Å².